The summed E-state index contributed by atoms with van der Waals surface area (Å²) in [6.45, 7) is 3.80. The van der Waals surface area contributed by atoms with E-state index in [1.807, 2.05) is 30.3 Å². The molecule has 0 spiro atoms. The van der Waals surface area contributed by atoms with Crippen molar-refractivity contribution in [1.82, 2.24) is 5.32 Å². The second-order valence-electron chi connectivity index (χ2n) is 5.04. The second-order valence-corrected chi connectivity index (χ2v) is 5.04. The highest BCUT2D eigenvalue weighted by Gasteiger charge is 2.37. The van der Waals surface area contributed by atoms with Crippen LogP contribution < -0.4 is 5.32 Å². The third kappa shape index (κ3) is 4.02. The first kappa shape index (κ1) is 14.0. The van der Waals surface area contributed by atoms with Gasteiger partial charge in [-0.15, -0.1) is 0 Å². The molecule has 0 saturated carbocycles. The van der Waals surface area contributed by atoms with E-state index in [2.05, 4.69) is 5.32 Å². The van der Waals surface area contributed by atoms with Crippen molar-refractivity contribution in [3.05, 3.63) is 35.9 Å². The molecule has 1 aliphatic rings. The Kier molecular flexibility index (Phi) is 4.19. The van der Waals surface area contributed by atoms with Gasteiger partial charge in [-0.25, -0.2) is 0 Å². The van der Waals surface area contributed by atoms with Crippen LogP contribution in [0, 0.1) is 0 Å². The van der Waals surface area contributed by atoms with Crippen LogP contribution in [0.25, 0.3) is 0 Å². The fourth-order valence-electron chi connectivity index (χ4n) is 1.96. The van der Waals surface area contributed by atoms with Gasteiger partial charge in [0.25, 0.3) is 0 Å². The maximum Gasteiger partial charge on any atom is 0.226 e. The quantitative estimate of drug-likeness (QED) is 0.791. The molecule has 2 rings (SSSR count). The largest absolute Gasteiger partial charge is 0.371 e. The van der Waals surface area contributed by atoms with Crippen molar-refractivity contribution in [2.75, 3.05) is 6.61 Å². The molecule has 1 aliphatic heterocycles. The summed E-state index contributed by atoms with van der Waals surface area (Å²) in [6.07, 6.45) is -1.36. The molecule has 2 atom stereocenters. The average molecular weight is 265 g/mol. The molecule has 5 nitrogen and oxygen atoms in total. The van der Waals surface area contributed by atoms with E-state index in [-0.39, 0.29) is 18.9 Å². The SMILES string of the molecule is CC1(C)OC[C@H](C(O)NC(=O)Cc2ccccc2)O1. The van der Waals surface area contributed by atoms with Crippen LogP contribution in [0.4, 0.5) is 0 Å². The van der Waals surface area contributed by atoms with E-state index in [9.17, 15) is 9.90 Å². The third-order valence-corrected chi connectivity index (χ3v) is 2.90. The topological polar surface area (TPSA) is 67.8 Å². The Morgan fingerprint density at radius 2 is 2.16 bits per heavy atom. The molecule has 0 bridgehead atoms. The number of carbonyl (C=O) groups excluding carboxylic acids is 1. The number of nitrogens with one attached hydrogen (secondary N) is 1. The number of hydrogen-bond acceptors (Lipinski definition) is 4. The third-order valence-electron chi connectivity index (χ3n) is 2.90. The molecule has 2 N–H and O–H groups in total. The molecular weight excluding hydrogens is 246 g/mol. The van der Waals surface area contributed by atoms with E-state index in [1.165, 1.54) is 0 Å². The molecule has 1 heterocycles. The molecule has 0 radical (unpaired) electrons. The van der Waals surface area contributed by atoms with Crippen molar-refractivity contribution < 1.29 is 19.4 Å². The lowest BCUT2D eigenvalue weighted by Crippen LogP contribution is -2.45. The smallest absolute Gasteiger partial charge is 0.226 e. The first-order valence-electron chi connectivity index (χ1n) is 6.29. The van der Waals surface area contributed by atoms with Gasteiger partial charge in [0.2, 0.25) is 5.91 Å². The lowest BCUT2D eigenvalue weighted by Gasteiger charge is -2.21. The summed E-state index contributed by atoms with van der Waals surface area (Å²) in [7, 11) is 0. The van der Waals surface area contributed by atoms with E-state index < -0.39 is 18.1 Å². The van der Waals surface area contributed by atoms with Gasteiger partial charge in [-0.1, -0.05) is 30.3 Å². The van der Waals surface area contributed by atoms with Gasteiger partial charge in [-0.2, -0.15) is 0 Å². The van der Waals surface area contributed by atoms with Gasteiger partial charge < -0.3 is 19.9 Å². The summed E-state index contributed by atoms with van der Waals surface area (Å²) in [5.74, 6) is -0.956. The lowest BCUT2D eigenvalue weighted by atomic mass is 10.1. The monoisotopic (exact) mass is 265 g/mol. The molecule has 0 aromatic heterocycles. The van der Waals surface area contributed by atoms with E-state index in [4.69, 9.17) is 9.47 Å². The Bertz CT molecular complexity index is 432. The molecule has 1 unspecified atom stereocenters. The Morgan fingerprint density at radius 1 is 1.47 bits per heavy atom. The molecule has 5 heteroatoms. The van der Waals surface area contributed by atoms with Crippen LogP contribution >= 0.6 is 0 Å². The van der Waals surface area contributed by atoms with Crippen molar-refractivity contribution >= 4 is 5.91 Å². The minimum Gasteiger partial charge on any atom is -0.371 e. The van der Waals surface area contributed by atoms with Gasteiger partial charge >= 0.3 is 0 Å². The van der Waals surface area contributed by atoms with Gasteiger partial charge in [-0.05, 0) is 19.4 Å². The molecule has 1 amide bonds. The summed E-state index contributed by atoms with van der Waals surface area (Å²) >= 11 is 0. The fraction of sp³-hybridized carbons (Fsp3) is 0.500. The van der Waals surface area contributed by atoms with E-state index in [0.717, 1.165) is 5.56 Å². The summed E-state index contributed by atoms with van der Waals surface area (Å²) in [4.78, 5) is 11.8. The zero-order valence-electron chi connectivity index (χ0n) is 11.1. The van der Waals surface area contributed by atoms with Gasteiger partial charge in [0.1, 0.15) is 6.10 Å². The molecule has 104 valence electrons. The number of ether oxygens (including phenoxy) is 2. The highest BCUT2D eigenvalue weighted by atomic mass is 16.7. The van der Waals surface area contributed by atoms with Crippen LogP contribution in [0.5, 0.6) is 0 Å². The van der Waals surface area contributed by atoms with Crippen LogP contribution in [0.1, 0.15) is 19.4 Å². The fourth-order valence-corrected chi connectivity index (χ4v) is 1.96. The number of benzene rings is 1. The van der Waals surface area contributed by atoms with E-state index >= 15 is 0 Å². The maximum atomic E-state index is 11.8. The first-order valence-corrected chi connectivity index (χ1v) is 6.29. The average Bonchev–Trinajstić information content (AvgIpc) is 2.71. The highest BCUT2D eigenvalue weighted by Crippen LogP contribution is 2.23. The van der Waals surface area contributed by atoms with Gasteiger partial charge in [-0.3, -0.25) is 4.79 Å². The molecule has 1 saturated heterocycles. The van der Waals surface area contributed by atoms with Crippen molar-refractivity contribution in [3.8, 4) is 0 Å². The van der Waals surface area contributed by atoms with Crippen LogP contribution in [-0.2, 0) is 20.7 Å². The minimum atomic E-state index is -1.06. The van der Waals surface area contributed by atoms with Crippen molar-refractivity contribution in [1.29, 1.82) is 0 Å². The number of amides is 1. The number of aliphatic hydroxyl groups excluding tert-OH is 1. The van der Waals surface area contributed by atoms with Crippen LogP contribution in [0.15, 0.2) is 30.3 Å². The maximum absolute atomic E-state index is 11.8. The van der Waals surface area contributed by atoms with Gasteiger partial charge in [0, 0.05) is 0 Å². The lowest BCUT2D eigenvalue weighted by molar-refractivity contribution is -0.156. The Balaban J connectivity index is 1.82. The highest BCUT2D eigenvalue weighted by molar-refractivity contribution is 5.78. The number of hydrogen-bond donors (Lipinski definition) is 2. The van der Waals surface area contributed by atoms with E-state index in [1.54, 1.807) is 13.8 Å². The standard InChI is InChI=1S/C14H19NO4/c1-14(2)18-9-11(19-14)13(17)15-12(16)8-10-6-4-3-5-7-10/h3-7,11,13,17H,8-9H2,1-2H3,(H,15,16)/t11-,13?/m1/s1. The molecule has 1 aromatic carbocycles. The molecule has 1 aromatic rings. The normalized spacial score (nSPS) is 23.0. The second kappa shape index (κ2) is 5.69. The minimum absolute atomic E-state index is 0.231. The zero-order chi connectivity index (χ0) is 13.9. The Labute approximate surface area is 112 Å². The summed E-state index contributed by atoms with van der Waals surface area (Å²) < 4.78 is 10.8. The number of aliphatic hydroxyl groups is 1. The van der Waals surface area contributed by atoms with Crippen LogP contribution in [0.3, 0.4) is 0 Å². The number of carbonyl (C=O) groups is 1. The summed E-state index contributed by atoms with van der Waals surface area (Å²) in [5, 5.41) is 12.4. The molecular formula is C14H19NO4. The molecule has 0 aliphatic carbocycles. The van der Waals surface area contributed by atoms with Crippen LogP contribution in [0.2, 0.25) is 0 Å². The molecule has 1 fully saturated rings. The molecule has 19 heavy (non-hydrogen) atoms. The Hall–Kier alpha value is -1.43. The van der Waals surface area contributed by atoms with E-state index in [0.29, 0.717) is 0 Å². The predicted molar refractivity (Wildman–Crippen MR) is 69.2 cm³/mol. The summed E-state index contributed by atoms with van der Waals surface area (Å²) in [5.41, 5.74) is 0.899. The van der Waals surface area contributed by atoms with Crippen molar-refractivity contribution in [2.24, 2.45) is 0 Å². The van der Waals surface area contributed by atoms with Gasteiger partial charge in [0.05, 0.1) is 13.0 Å². The predicted octanol–water partition coefficient (Wildman–Crippen LogP) is 0.815. The zero-order valence-corrected chi connectivity index (χ0v) is 11.1. The Morgan fingerprint density at radius 3 is 2.74 bits per heavy atom. The van der Waals surface area contributed by atoms with Crippen molar-refractivity contribution in [2.45, 2.75) is 38.4 Å². The van der Waals surface area contributed by atoms with Crippen LogP contribution in [-0.4, -0.2) is 35.7 Å². The summed E-state index contributed by atoms with van der Waals surface area (Å²) in [6, 6.07) is 9.36. The first-order chi connectivity index (χ1) is 8.96. The number of rotatable bonds is 4. The van der Waals surface area contributed by atoms with Gasteiger partial charge in [0.15, 0.2) is 12.0 Å². The van der Waals surface area contributed by atoms with Crippen molar-refractivity contribution in [3.63, 3.8) is 0 Å².